The Labute approximate surface area is 281 Å². The predicted octanol–water partition coefficient (Wildman–Crippen LogP) is 4.40. The monoisotopic (exact) mass is 668 g/mol. The van der Waals surface area contributed by atoms with Gasteiger partial charge in [-0.05, 0) is 75.8 Å². The summed E-state index contributed by atoms with van der Waals surface area (Å²) in [6.07, 6.45) is 0.959. The van der Waals surface area contributed by atoms with Crippen LogP contribution < -0.4 is 24.8 Å². The minimum absolute atomic E-state index is 0. The molecule has 0 spiro atoms. The molecule has 5 aromatic carbocycles. The van der Waals surface area contributed by atoms with Gasteiger partial charge in [-0.2, -0.15) is 18.2 Å². The molecule has 1 aliphatic carbocycles. The molecule has 0 aromatic heterocycles. The van der Waals surface area contributed by atoms with E-state index in [9.17, 15) is 0 Å². The minimum atomic E-state index is 0. The molecule has 0 nitrogen and oxygen atoms in total. The van der Waals surface area contributed by atoms with Gasteiger partial charge in [0.25, 0.3) is 0 Å². The second-order valence-electron chi connectivity index (χ2n) is 11.3. The average molecular weight is 671 g/mol. The van der Waals surface area contributed by atoms with Crippen LogP contribution in [-0.4, -0.2) is 3.21 Å². The quantitative estimate of drug-likeness (QED) is 0.240. The molecule has 0 heterocycles. The van der Waals surface area contributed by atoms with Gasteiger partial charge in [-0.3, -0.25) is 0 Å². The summed E-state index contributed by atoms with van der Waals surface area (Å²) in [5.41, 5.74) is 18.7. The van der Waals surface area contributed by atoms with Crippen LogP contribution in [0.15, 0.2) is 84.9 Å². The number of fused-ring (bicyclic) bond motifs is 3. The maximum atomic E-state index is 3.78. The third kappa shape index (κ3) is 8.57. The van der Waals surface area contributed by atoms with Gasteiger partial charge in [0.2, 0.25) is 0 Å². The van der Waals surface area contributed by atoms with E-state index in [-0.39, 0.29) is 24.8 Å². The van der Waals surface area contributed by atoms with Gasteiger partial charge in [0.05, 0.1) is 0 Å². The molecular weight excluding hydrogens is 631 g/mol. The van der Waals surface area contributed by atoms with E-state index in [4.69, 9.17) is 0 Å². The van der Waals surface area contributed by atoms with Gasteiger partial charge >= 0.3 is 41.3 Å². The topological polar surface area (TPSA) is 0 Å². The first-order chi connectivity index (χ1) is 19.0. The van der Waals surface area contributed by atoms with E-state index in [0.29, 0.717) is 0 Å². The summed E-state index contributed by atoms with van der Waals surface area (Å²) in [4.78, 5) is 0. The number of hydrogen-bond acceptors (Lipinski definition) is 0. The molecule has 0 unspecified atom stereocenters. The second kappa shape index (κ2) is 15.9. The predicted molar refractivity (Wildman–Crippen MR) is 171 cm³/mol. The molecule has 42 heavy (non-hydrogen) atoms. The van der Waals surface area contributed by atoms with Crippen molar-refractivity contribution in [3.05, 3.63) is 136 Å². The second-order valence-corrected chi connectivity index (χ2v) is 13.8. The molecule has 5 aromatic rings. The zero-order valence-electron chi connectivity index (χ0n) is 26.0. The smallest absolute Gasteiger partial charge is 0.0125 e. The van der Waals surface area contributed by atoms with Crippen LogP contribution in [0.4, 0.5) is 0 Å². The van der Waals surface area contributed by atoms with E-state index in [1.165, 1.54) is 81.1 Å². The SMILES string of the molecule is C[C](C)=[Zr+2].Cc1cc(C)c(-c2[c-]c3c(cc2)-c2ccc(-c4c(C)cc(C)cc4C)cc2C3)c(C)c1.[Cl-].[Cl-].c1cc[cH-]c1. The maximum absolute atomic E-state index is 3.78. The minimum Gasteiger partial charge on any atom is -1.00 e. The van der Waals surface area contributed by atoms with Gasteiger partial charge < -0.3 is 24.8 Å². The van der Waals surface area contributed by atoms with Crippen molar-refractivity contribution in [3.8, 4) is 33.4 Å². The first kappa shape index (κ1) is 35.8. The van der Waals surface area contributed by atoms with Crippen molar-refractivity contribution < 1.29 is 49.0 Å². The van der Waals surface area contributed by atoms with Crippen molar-refractivity contribution in [1.29, 1.82) is 0 Å². The molecule has 0 fully saturated rings. The van der Waals surface area contributed by atoms with Crippen LogP contribution >= 0.6 is 0 Å². The Morgan fingerprint density at radius 3 is 1.62 bits per heavy atom. The van der Waals surface area contributed by atoms with Crippen molar-refractivity contribution >= 4 is 3.21 Å². The molecule has 0 saturated carbocycles. The first-order valence-corrected chi connectivity index (χ1v) is 15.3. The third-order valence-corrected chi connectivity index (χ3v) is 7.26. The molecule has 0 aliphatic heterocycles. The Hall–Kier alpha value is -2.44. The van der Waals surface area contributed by atoms with Gasteiger partial charge in [0.1, 0.15) is 0 Å². The van der Waals surface area contributed by atoms with Gasteiger partial charge in [-0.1, -0.05) is 81.4 Å². The molecule has 0 radical (unpaired) electrons. The van der Waals surface area contributed by atoms with Crippen molar-refractivity contribution in [2.45, 2.75) is 61.8 Å². The van der Waals surface area contributed by atoms with Crippen LogP contribution in [0, 0.1) is 47.6 Å². The Kier molecular flexibility index (Phi) is 13.5. The molecule has 216 valence electrons. The molecule has 0 saturated heterocycles. The van der Waals surface area contributed by atoms with Crippen LogP contribution in [-0.2, 0) is 30.7 Å². The first-order valence-electron chi connectivity index (χ1n) is 14.1. The maximum Gasteiger partial charge on any atom is -0.0125 e. The third-order valence-electron chi connectivity index (χ3n) is 7.26. The summed E-state index contributed by atoms with van der Waals surface area (Å²) in [7, 11) is 0. The fraction of sp³-hybridized carbons (Fsp3) is 0.231. The Bertz CT molecular complexity index is 1490. The van der Waals surface area contributed by atoms with Crippen LogP contribution in [0.2, 0.25) is 0 Å². The van der Waals surface area contributed by atoms with Crippen molar-refractivity contribution in [2.24, 2.45) is 0 Å². The summed E-state index contributed by atoms with van der Waals surface area (Å²) in [5, 5.41) is 0. The van der Waals surface area contributed by atoms with E-state index in [2.05, 4.69) is 116 Å². The van der Waals surface area contributed by atoms with Crippen LogP contribution in [0.1, 0.15) is 58.4 Å². The molecular formula is C39H40Cl2Zr-2. The Balaban J connectivity index is 0.000000487. The summed E-state index contributed by atoms with van der Waals surface area (Å²) in [6, 6.07) is 34.5. The van der Waals surface area contributed by atoms with Crippen LogP contribution in [0.25, 0.3) is 33.4 Å². The molecule has 0 N–H and O–H groups in total. The summed E-state index contributed by atoms with van der Waals surface area (Å²) >= 11 is 1.55. The number of rotatable bonds is 2. The summed E-state index contributed by atoms with van der Waals surface area (Å²) < 4.78 is 1.51. The molecule has 0 bridgehead atoms. The normalized spacial score (nSPS) is 10.5. The number of hydrogen-bond donors (Lipinski definition) is 0. The number of benzene rings is 4. The average Bonchev–Trinajstić information content (AvgIpc) is 3.54. The number of halogens is 2. The van der Waals surface area contributed by atoms with Gasteiger partial charge in [-0.15, -0.1) is 29.3 Å². The largest absolute Gasteiger partial charge is 1.00 e. The van der Waals surface area contributed by atoms with Gasteiger partial charge in [0, 0.05) is 0 Å². The van der Waals surface area contributed by atoms with E-state index in [1.807, 2.05) is 30.3 Å². The fourth-order valence-corrected chi connectivity index (χ4v) is 5.99. The Morgan fingerprint density at radius 2 is 1.14 bits per heavy atom. The van der Waals surface area contributed by atoms with E-state index >= 15 is 0 Å². The van der Waals surface area contributed by atoms with Crippen molar-refractivity contribution in [2.75, 3.05) is 0 Å². The summed E-state index contributed by atoms with van der Waals surface area (Å²) in [6.45, 7) is 17.5. The number of aryl methyl sites for hydroxylation is 6. The van der Waals surface area contributed by atoms with E-state index in [0.717, 1.165) is 6.42 Å². The van der Waals surface area contributed by atoms with Crippen LogP contribution in [0.3, 0.4) is 0 Å². The zero-order valence-corrected chi connectivity index (χ0v) is 30.0. The fourth-order valence-electron chi connectivity index (χ4n) is 5.99. The van der Waals surface area contributed by atoms with Crippen molar-refractivity contribution in [1.82, 2.24) is 0 Å². The molecule has 3 heteroatoms. The zero-order chi connectivity index (χ0) is 29.0. The molecule has 1 aliphatic rings. The molecule has 6 rings (SSSR count). The van der Waals surface area contributed by atoms with Crippen molar-refractivity contribution in [3.63, 3.8) is 0 Å². The molecule has 0 amide bonds. The van der Waals surface area contributed by atoms with Gasteiger partial charge in [0.15, 0.2) is 0 Å². The standard InChI is InChI=1S/C31H29.C5H5.C3H6.2ClH.Zr/c1-18-11-20(3)30(21(4)12-18)24-7-9-28-26(15-24)17-27-16-25(8-10-29(27)28)31-22(5)13-19(2)14-23(31)6;1-2-4-5-3-1;1-3-2;;;/h7-15H,17H2,1-6H3;1-5H;1-2H3;2*1H;/q2*-1;;;;+2/p-2. The van der Waals surface area contributed by atoms with Crippen LogP contribution in [0.5, 0.6) is 0 Å². The Morgan fingerprint density at radius 1 is 0.667 bits per heavy atom. The van der Waals surface area contributed by atoms with E-state index < -0.39 is 0 Å². The van der Waals surface area contributed by atoms with Gasteiger partial charge in [-0.25, -0.2) is 12.1 Å². The summed E-state index contributed by atoms with van der Waals surface area (Å²) in [5.74, 6) is 0. The molecule has 0 atom stereocenters. The van der Waals surface area contributed by atoms with E-state index in [1.54, 1.807) is 24.2 Å².